The lowest BCUT2D eigenvalue weighted by Gasteiger charge is -2.27. The Balaban J connectivity index is 0.00000312. The molecule has 0 radical (unpaired) electrons. The molecule has 1 saturated heterocycles. The zero-order chi connectivity index (χ0) is 18.1. The summed E-state index contributed by atoms with van der Waals surface area (Å²) in [6, 6.07) is 0.297. The Labute approximate surface area is 157 Å². The summed E-state index contributed by atoms with van der Waals surface area (Å²) in [5, 5.41) is 5.00. The number of amides is 2. The van der Waals surface area contributed by atoms with Gasteiger partial charge in [-0.25, -0.2) is 4.79 Å². The normalized spacial score (nSPS) is 18.5. The van der Waals surface area contributed by atoms with Gasteiger partial charge in [0.2, 0.25) is 11.8 Å². The molecule has 0 saturated carbocycles. The third-order valence-corrected chi connectivity index (χ3v) is 4.97. The standard InChI is InChI=1S/C16H23N3O4S.ClH/c1-16(2,3)11(17)12(20)18-10-5-7-19(13(10)21)14-9(6-8-24-14)15(22)23-4;/h6,8,10-11H,5,7,17H2,1-4H3,(H,18,20);1H/t10?,11-;/m1./s1. The first-order valence-electron chi connectivity index (χ1n) is 7.70. The number of nitrogens with two attached hydrogens (primary N) is 1. The van der Waals surface area contributed by atoms with E-state index in [2.05, 4.69) is 5.32 Å². The fourth-order valence-electron chi connectivity index (χ4n) is 2.45. The van der Waals surface area contributed by atoms with Gasteiger partial charge in [0, 0.05) is 6.54 Å². The van der Waals surface area contributed by atoms with Crippen LogP contribution in [0.1, 0.15) is 37.6 Å². The summed E-state index contributed by atoms with van der Waals surface area (Å²) in [4.78, 5) is 38.1. The van der Waals surface area contributed by atoms with Gasteiger partial charge in [-0.2, -0.15) is 0 Å². The highest BCUT2D eigenvalue weighted by molar-refractivity contribution is 7.14. The second kappa shape index (κ2) is 8.16. The third-order valence-electron chi connectivity index (χ3n) is 4.03. The van der Waals surface area contributed by atoms with E-state index in [0.29, 0.717) is 23.5 Å². The van der Waals surface area contributed by atoms with Crippen molar-refractivity contribution in [2.75, 3.05) is 18.6 Å². The van der Waals surface area contributed by atoms with E-state index in [-0.39, 0.29) is 24.2 Å². The van der Waals surface area contributed by atoms with Crippen LogP contribution in [0.25, 0.3) is 0 Å². The van der Waals surface area contributed by atoms with Gasteiger partial charge in [-0.3, -0.25) is 9.59 Å². The van der Waals surface area contributed by atoms with Crippen LogP contribution in [0.5, 0.6) is 0 Å². The molecule has 3 N–H and O–H groups in total. The molecule has 7 nitrogen and oxygen atoms in total. The summed E-state index contributed by atoms with van der Waals surface area (Å²) in [6.45, 7) is 6.04. The zero-order valence-corrected chi connectivity index (χ0v) is 16.3. The zero-order valence-electron chi connectivity index (χ0n) is 14.7. The van der Waals surface area contributed by atoms with Crippen molar-refractivity contribution in [1.29, 1.82) is 0 Å². The van der Waals surface area contributed by atoms with Gasteiger partial charge in [0.1, 0.15) is 11.0 Å². The fourth-order valence-corrected chi connectivity index (χ4v) is 3.37. The van der Waals surface area contributed by atoms with Crippen molar-refractivity contribution in [2.24, 2.45) is 11.1 Å². The molecule has 1 fully saturated rings. The van der Waals surface area contributed by atoms with Crippen molar-refractivity contribution in [2.45, 2.75) is 39.3 Å². The quantitative estimate of drug-likeness (QED) is 0.761. The molecule has 25 heavy (non-hydrogen) atoms. The Morgan fingerprint density at radius 1 is 1.44 bits per heavy atom. The lowest BCUT2D eigenvalue weighted by molar-refractivity contribution is -0.128. The number of methoxy groups -OCH3 is 1. The van der Waals surface area contributed by atoms with Crippen LogP contribution in [0.4, 0.5) is 5.00 Å². The molecule has 1 aliphatic rings. The maximum absolute atomic E-state index is 12.6. The van der Waals surface area contributed by atoms with Crippen molar-refractivity contribution >= 4 is 46.5 Å². The van der Waals surface area contributed by atoms with Crippen LogP contribution in [-0.4, -0.2) is 43.5 Å². The molecule has 1 aromatic heterocycles. The van der Waals surface area contributed by atoms with Crippen molar-refractivity contribution in [3.05, 3.63) is 17.0 Å². The predicted octanol–water partition coefficient (Wildman–Crippen LogP) is 1.55. The minimum Gasteiger partial charge on any atom is -0.465 e. The Hall–Kier alpha value is -1.64. The first-order chi connectivity index (χ1) is 11.2. The number of carbonyl (C=O) groups is 3. The molecule has 0 bridgehead atoms. The lowest BCUT2D eigenvalue weighted by atomic mass is 9.87. The van der Waals surface area contributed by atoms with Gasteiger partial charge in [-0.15, -0.1) is 23.7 Å². The largest absolute Gasteiger partial charge is 0.465 e. The van der Waals surface area contributed by atoms with Crippen molar-refractivity contribution in [1.82, 2.24) is 5.32 Å². The van der Waals surface area contributed by atoms with Crippen LogP contribution in [0.15, 0.2) is 11.4 Å². The second-order valence-corrected chi connectivity index (χ2v) is 7.71. The van der Waals surface area contributed by atoms with E-state index < -0.39 is 23.5 Å². The highest BCUT2D eigenvalue weighted by Crippen LogP contribution is 2.32. The molecule has 1 aromatic rings. The first-order valence-corrected chi connectivity index (χ1v) is 8.58. The first kappa shape index (κ1) is 21.4. The number of anilines is 1. The van der Waals surface area contributed by atoms with Crippen LogP contribution in [0.2, 0.25) is 0 Å². The van der Waals surface area contributed by atoms with Crippen LogP contribution >= 0.6 is 23.7 Å². The lowest BCUT2D eigenvalue weighted by Crippen LogP contribution is -2.53. The molecular formula is C16H24ClN3O4S. The van der Waals surface area contributed by atoms with Gasteiger partial charge in [-0.05, 0) is 23.3 Å². The van der Waals surface area contributed by atoms with Gasteiger partial charge in [0.15, 0.2) is 0 Å². The average Bonchev–Trinajstić information content (AvgIpc) is 3.12. The molecule has 2 atom stereocenters. The van der Waals surface area contributed by atoms with E-state index in [9.17, 15) is 14.4 Å². The fraction of sp³-hybridized carbons (Fsp3) is 0.562. The Bertz CT molecular complexity index is 656. The molecule has 0 aliphatic carbocycles. The maximum Gasteiger partial charge on any atom is 0.340 e. The summed E-state index contributed by atoms with van der Waals surface area (Å²) in [7, 11) is 1.30. The summed E-state index contributed by atoms with van der Waals surface area (Å²) in [6.07, 6.45) is 0.472. The number of carbonyl (C=O) groups excluding carboxylic acids is 3. The summed E-state index contributed by atoms with van der Waals surface area (Å²) in [5.74, 6) is -1.07. The molecule has 0 aromatic carbocycles. The smallest absolute Gasteiger partial charge is 0.340 e. The van der Waals surface area contributed by atoms with Crippen LogP contribution in [0.3, 0.4) is 0 Å². The predicted molar refractivity (Wildman–Crippen MR) is 99.2 cm³/mol. The summed E-state index contributed by atoms with van der Waals surface area (Å²) >= 11 is 1.29. The number of nitrogens with one attached hydrogen (secondary N) is 1. The number of halogens is 1. The van der Waals surface area contributed by atoms with E-state index in [0.717, 1.165) is 0 Å². The third kappa shape index (κ3) is 4.50. The highest BCUT2D eigenvalue weighted by atomic mass is 35.5. The number of ether oxygens (including phenoxy) is 1. The molecule has 2 heterocycles. The number of thiophene rings is 1. The van der Waals surface area contributed by atoms with E-state index >= 15 is 0 Å². The summed E-state index contributed by atoms with van der Waals surface area (Å²) in [5.41, 5.74) is 5.90. The molecule has 2 rings (SSSR count). The van der Waals surface area contributed by atoms with Crippen molar-refractivity contribution in [3.63, 3.8) is 0 Å². The van der Waals surface area contributed by atoms with Gasteiger partial charge >= 0.3 is 5.97 Å². The topological polar surface area (TPSA) is 102 Å². The van der Waals surface area contributed by atoms with Gasteiger partial charge in [-0.1, -0.05) is 20.8 Å². The van der Waals surface area contributed by atoms with Crippen LogP contribution < -0.4 is 16.0 Å². The molecule has 2 amide bonds. The molecule has 9 heteroatoms. The monoisotopic (exact) mass is 389 g/mol. The Morgan fingerprint density at radius 2 is 2.08 bits per heavy atom. The van der Waals surface area contributed by atoms with E-state index in [1.807, 2.05) is 20.8 Å². The SMILES string of the molecule is COC(=O)c1ccsc1N1CCC(NC(=O)[C@@H](N)C(C)(C)C)C1=O.Cl. The second-order valence-electron chi connectivity index (χ2n) is 6.81. The number of hydrogen-bond donors (Lipinski definition) is 2. The minimum absolute atomic E-state index is 0. The van der Waals surface area contributed by atoms with E-state index in [4.69, 9.17) is 10.5 Å². The number of nitrogens with zero attached hydrogens (tertiary/aromatic N) is 1. The highest BCUT2D eigenvalue weighted by Gasteiger charge is 2.38. The summed E-state index contributed by atoms with van der Waals surface area (Å²) < 4.78 is 4.73. The van der Waals surface area contributed by atoms with Gasteiger partial charge < -0.3 is 20.7 Å². The Morgan fingerprint density at radius 3 is 2.64 bits per heavy atom. The average molecular weight is 390 g/mol. The molecule has 140 valence electrons. The van der Waals surface area contributed by atoms with Gasteiger partial charge in [0.05, 0.1) is 18.7 Å². The molecule has 0 spiro atoms. The number of hydrogen-bond acceptors (Lipinski definition) is 6. The maximum atomic E-state index is 12.6. The van der Waals surface area contributed by atoms with Crippen molar-refractivity contribution in [3.8, 4) is 0 Å². The molecule has 1 unspecified atom stereocenters. The minimum atomic E-state index is -0.702. The van der Waals surface area contributed by atoms with Crippen molar-refractivity contribution < 1.29 is 19.1 Å². The number of rotatable bonds is 4. The van der Waals surface area contributed by atoms with Crippen LogP contribution in [-0.2, 0) is 14.3 Å². The number of esters is 1. The molecular weight excluding hydrogens is 366 g/mol. The van der Waals surface area contributed by atoms with Crippen LogP contribution in [0, 0.1) is 5.41 Å². The Kier molecular flexibility index (Phi) is 6.99. The van der Waals surface area contributed by atoms with E-state index in [1.165, 1.54) is 23.3 Å². The van der Waals surface area contributed by atoms with E-state index in [1.54, 1.807) is 11.4 Å². The molecule has 1 aliphatic heterocycles. The van der Waals surface area contributed by atoms with Gasteiger partial charge in [0.25, 0.3) is 0 Å².